The predicted octanol–water partition coefficient (Wildman–Crippen LogP) is 2.33. The van der Waals surface area contributed by atoms with Crippen molar-refractivity contribution in [3.05, 3.63) is 29.8 Å². The first-order chi connectivity index (χ1) is 8.93. The molecule has 106 valence electrons. The summed E-state index contributed by atoms with van der Waals surface area (Å²) in [5.41, 5.74) is 1.16. The summed E-state index contributed by atoms with van der Waals surface area (Å²) in [5.74, 6) is 0.0994. The Bertz CT molecular complexity index is 400. The number of hydrogen-bond acceptors (Lipinski definition) is 3. The minimum Gasteiger partial charge on any atom is -0.497 e. The highest BCUT2D eigenvalue weighted by atomic mass is 16.5. The second-order valence-corrected chi connectivity index (χ2v) is 5.18. The number of carboxylic acids is 1. The molecule has 1 aromatic carbocycles. The van der Waals surface area contributed by atoms with E-state index >= 15 is 0 Å². The lowest BCUT2D eigenvalue weighted by atomic mass is 10.0. The lowest BCUT2D eigenvalue weighted by Crippen LogP contribution is -2.46. The molecule has 0 saturated carbocycles. The fourth-order valence-electron chi connectivity index (χ4n) is 2.03. The van der Waals surface area contributed by atoms with E-state index in [-0.39, 0.29) is 12.0 Å². The number of methoxy groups -OCH3 is 1. The van der Waals surface area contributed by atoms with Crippen molar-refractivity contribution in [1.82, 2.24) is 5.32 Å². The van der Waals surface area contributed by atoms with Crippen LogP contribution in [0.4, 0.5) is 0 Å². The van der Waals surface area contributed by atoms with Crippen LogP contribution in [0.25, 0.3) is 0 Å². The van der Waals surface area contributed by atoms with E-state index < -0.39 is 12.0 Å². The van der Waals surface area contributed by atoms with Gasteiger partial charge in [-0.1, -0.05) is 26.0 Å². The number of benzene rings is 1. The first-order valence-electron chi connectivity index (χ1n) is 6.55. The molecule has 1 rings (SSSR count). The van der Waals surface area contributed by atoms with Gasteiger partial charge in [0.15, 0.2) is 0 Å². The lowest BCUT2D eigenvalue weighted by molar-refractivity contribution is -0.140. The molecule has 0 aliphatic rings. The van der Waals surface area contributed by atoms with Gasteiger partial charge in [-0.05, 0) is 37.0 Å². The smallest absolute Gasteiger partial charge is 0.320 e. The first-order valence-corrected chi connectivity index (χ1v) is 6.55. The van der Waals surface area contributed by atoms with Gasteiger partial charge in [-0.3, -0.25) is 4.79 Å². The first kappa shape index (κ1) is 15.5. The summed E-state index contributed by atoms with van der Waals surface area (Å²) in [5, 5.41) is 12.3. The summed E-state index contributed by atoms with van der Waals surface area (Å²) in [6.45, 7) is 5.82. The highest BCUT2D eigenvalue weighted by Gasteiger charge is 2.22. The van der Waals surface area contributed by atoms with Crippen LogP contribution in [-0.4, -0.2) is 30.3 Å². The molecule has 0 aliphatic heterocycles. The van der Waals surface area contributed by atoms with E-state index in [9.17, 15) is 4.79 Å². The van der Waals surface area contributed by atoms with E-state index in [4.69, 9.17) is 9.84 Å². The molecule has 0 spiro atoms. The van der Waals surface area contributed by atoms with Crippen LogP contribution in [0.3, 0.4) is 0 Å². The Kier molecular flexibility index (Phi) is 5.83. The second kappa shape index (κ2) is 7.14. The molecule has 0 bridgehead atoms. The van der Waals surface area contributed by atoms with Gasteiger partial charge < -0.3 is 15.2 Å². The maximum absolute atomic E-state index is 11.1. The van der Waals surface area contributed by atoms with Crippen molar-refractivity contribution in [2.24, 2.45) is 5.92 Å². The highest BCUT2D eigenvalue weighted by molar-refractivity contribution is 5.73. The molecule has 4 nitrogen and oxygen atoms in total. The molecule has 0 saturated heterocycles. The van der Waals surface area contributed by atoms with Gasteiger partial charge in [0, 0.05) is 6.04 Å². The molecule has 19 heavy (non-hydrogen) atoms. The Hall–Kier alpha value is -1.55. The number of aliphatic carboxylic acids is 1. The number of nitrogens with one attached hydrogen (secondary N) is 1. The minimum atomic E-state index is -0.795. The third-order valence-electron chi connectivity index (χ3n) is 3.10. The Labute approximate surface area is 114 Å². The molecule has 0 heterocycles. The zero-order chi connectivity index (χ0) is 14.4. The van der Waals surface area contributed by atoms with Crippen molar-refractivity contribution in [2.45, 2.75) is 39.3 Å². The van der Waals surface area contributed by atoms with Crippen LogP contribution < -0.4 is 10.1 Å². The van der Waals surface area contributed by atoms with Crippen LogP contribution in [0.1, 0.15) is 26.3 Å². The highest BCUT2D eigenvalue weighted by Crippen LogP contribution is 2.13. The van der Waals surface area contributed by atoms with Gasteiger partial charge in [-0.25, -0.2) is 0 Å². The minimum absolute atomic E-state index is 0.0656. The topological polar surface area (TPSA) is 58.6 Å². The fraction of sp³-hybridized carbons (Fsp3) is 0.533. The van der Waals surface area contributed by atoms with Gasteiger partial charge in [0.05, 0.1) is 7.11 Å². The molecule has 2 atom stereocenters. The van der Waals surface area contributed by atoms with E-state index in [1.807, 2.05) is 45.0 Å². The molecular formula is C15H23NO3. The van der Waals surface area contributed by atoms with Gasteiger partial charge in [0.2, 0.25) is 0 Å². The largest absolute Gasteiger partial charge is 0.497 e. The molecular weight excluding hydrogens is 242 g/mol. The zero-order valence-corrected chi connectivity index (χ0v) is 12.0. The summed E-state index contributed by atoms with van der Waals surface area (Å²) in [4.78, 5) is 11.1. The SMILES string of the molecule is COc1ccc(CC(C)NC(C(=O)O)C(C)C)cc1. The number of carbonyl (C=O) groups is 1. The maximum Gasteiger partial charge on any atom is 0.320 e. The second-order valence-electron chi connectivity index (χ2n) is 5.18. The number of hydrogen-bond donors (Lipinski definition) is 2. The van der Waals surface area contributed by atoms with Gasteiger partial charge >= 0.3 is 5.97 Å². The average Bonchev–Trinajstić information content (AvgIpc) is 2.36. The van der Waals surface area contributed by atoms with Crippen molar-refractivity contribution in [1.29, 1.82) is 0 Å². The summed E-state index contributed by atoms with van der Waals surface area (Å²) in [6, 6.07) is 7.44. The van der Waals surface area contributed by atoms with Crippen LogP contribution in [0.5, 0.6) is 5.75 Å². The quantitative estimate of drug-likeness (QED) is 0.794. The zero-order valence-electron chi connectivity index (χ0n) is 12.0. The number of rotatable bonds is 7. The molecule has 0 amide bonds. The monoisotopic (exact) mass is 265 g/mol. The van der Waals surface area contributed by atoms with Crippen LogP contribution >= 0.6 is 0 Å². The summed E-state index contributed by atoms with van der Waals surface area (Å²) in [7, 11) is 1.64. The number of ether oxygens (including phenoxy) is 1. The van der Waals surface area contributed by atoms with E-state index in [1.165, 1.54) is 0 Å². The Morgan fingerprint density at radius 1 is 1.26 bits per heavy atom. The van der Waals surface area contributed by atoms with Crippen LogP contribution in [0.2, 0.25) is 0 Å². The van der Waals surface area contributed by atoms with Crippen molar-refractivity contribution in [3.8, 4) is 5.75 Å². The Morgan fingerprint density at radius 3 is 2.26 bits per heavy atom. The van der Waals surface area contributed by atoms with Crippen molar-refractivity contribution >= 4 is 5.97 Å². The molecule has 2 unspecified atom stereocenters. The van der Waals surface area contributed by atoms with Crippen molar-refractivity contribution in [3.63, 3.8) is 0 Å². The summed E-state index contributed by atoms with van der Waals surface area (Å²) >= 11 is 0. The number of carboxylic acid groups (broad SMARTS) is 1. The fourth-order valence-corrected chi connectivity index (χ4v) is 2.03. The van der Waals surface area contributed by atoms with E-state index in [2.05, 4.69) is 5.32 Å². The van der Waals surface area contributed by atoms with E-state index in [0.717, 1.165) is 17.7 Å². The normalized spacial score (nSPS) is 14.2. The summed E-state index contributed by atoms with van der Waals surface area (Å²) in [6.07, 6.45) is 0.792. The molecule has 0 radical (unpaired) electrons. The van der Waals surface area contributed by atoms with Gasteiger partial charge in [-0.15, -0.1) is 0 Å². The lowest BCUT2D eigenvalue weighted by Gasteiger charge is -2.23. The average molecular weight is 265 g/mol. The Balaban J connectivity index is 2.58. The molecule has 0 fully saturated rings. The van der Waals surface area contributed by atoms with E-state index in [0.29, 0.717) is 0 Å². The molecule has 2 N–H and O–H groups in total. The Morgan fingerprint density at radius 2 is 1.84 bits per heavy atom. The van der Waals surface area contributed by atoms with Crippen LogP contribution in [0, 0.1) is 5.92 Å². The summed E-state index contributed by atoms with van der Waals surface area (Å²) < 4.78 is 5.11. The molecule has 0 aliphatic carbocycles. The van der Waals surface area contributed by atoms with Gasteiger partial charge in [-0.2, -0.15) is 0 Å². The van der Waals surface area contributed by atoms with Gasteiger partial charge in [0.1, 0.15) is 11.8 Å². The van der Waals surface area contributed by atoms with Crippen molar-refractivity contribution in [2.75, 3.05) is 7.11 Å². The van der Waals surface area contributed by atoms with E-state index in [1.54, 1.807) is 7.11 Å². The van der Waals surface area contributed by atoms with Crippen LogP contribution in [-0.2, 0) is 11.2 Å². The van der Waals surface area contributed by atoms with Crippen molar-refractivity contribution < 1.29 is 14.6 Å². The molecule has 1 aromatic rings. The van der Waals surface area contributed by atoms with Gasteiger partial charge in [0.25, 0.3) is 0 Å². The molecule has 4 heteroatoms. The standard InChI is InChI=1S/C15H23NO3/c1-10(2)14(15(17)18)16-11(3)9-12-5-7-13(19-4)8-6-12/h5-8,10-11,14,16H,9H2,1-4H3,(H,17,18). The molecule has 0 aromatic heterocycles. The third-order valence-corrected chi connectivity index (χ3v) is 3.10. The maximum atomic E-state index is 11.1. The van der Waals surface area contributed by atoms with Crippen LogP contribution in [0.15, 0.2) is 24.3 Å². The third kappa shape index (κ3) is 4.91. The predicted molar refractivity (Wildman–Crippen MR) is 75.6 cm³/mol.